The number of likely N-dealkylation sites (tertiary alicyclic amines) is 1. The first-order valence-electron chi connectivity index (χ1n) is 6.14. The first-order valence-corrected chi connectivity index (χ1v) is 6.14. The molecular weight excluding hydrogens is 230 g/mol. The molecule has 1 aliphatic rings. The zero-order chi connectivity index (χ0) is 13.3. The van der Waals surface area contributed by atoms with Gasteiger partial charge < -0.3 is 9.84 Å². The second-order valence-electron chi connectivity index (χ2n) is 4.89. The fourth-order valence-corrected chi connectivity index (χ4v) is 2.58. The zero-order valence-electron chi connectivity index (χ0n) is 11.1. The van der Waals surface area contributed by atoms with Gasteiger partial charge in [0.15, 0.2) is 0 Å². The number of methoxy groups -OCH3 is 1. The molecule has 0 saturated carbocycles. The quantitative estimate of drug-likeness (QED) is 0.886. The number of carbonyl (C=O) groups is 1. The van der Waals surface area contributed by atoms with Crippen LogP contribution in [-0.4, -0.2) is 35.7 Å². The molecular formula is C14H19NO3. The molecule has 1 saturated heterocycles. The molecule has 1 heterocycles. The second kappa shape index (κ2) is 4.98. The summed E-state index contributed by atoms with van der Waals surface area (Å²) in [4.78, 5) is 13.0. The van der Waals surface area contributed by atoms with Crippen LogP contribution in [0.25, 0.3) is 0 Å². The van der Waals surface area contributed by atoms with E-state index in [9.17, 15) is 4.79 Å². The van der Waals surface area contributed by atoms with Gasteiger partial charge in [-0.15, -0.1) is 0 Å². The standard InChI is InChI=1S/C14H19NO3/c1-9-6-10(2)13(18-3)11(7-9)8-15-5-4-12(15)14(16)17/h6-7,12H,4-5,8H2,1-3H3,(H,16,17)/t12-/m0/s1. The Hall–Kier alpha value is -1.55. The number of aliphatic carboxylic acids is 1. The Morgan fingerprint density at radius 3 is 2.72 bits per heavy atom. The van der Waals surface area contributed by atoms with Crippen molar-refractivity contribution in [1.82, 2.24) is 4.90 Å². The number of benzene rings is 1. The van der Waals surface area contributed by atoms with Crippen molar-refractivity contribution < 1.29 is 14.6 Å². The molecule has 1 N–H and O–H groups in total. The van der Waals surface area contributed by atoms with Gasteiger partial charge in [0, 0.05) is 18.7 Å². The van der Waals surface area contributed by atoms with Crippen LogP contribution in [0.15, 0.2) is 12.1 Å². The summed E-state index contributed by atoms with van der Waals surface area (Å²) in [5, 5.41) is 9.04. The van der Waals surface area contributed by atoms with Gasteiger partial charge >= 0.3 is 5.97 Å². The van der Waals surface area contributed by atoms with Crippen molar-refractivity contribution in [1.29, 1.82) is 0 Å². The Balaban J connectivity index is 2.21. The van der Waals surface area contributed by atoms with Gasteiger partial charge in [-0.05, 0) is 25.8 Å². The minimum atomic E-state index is -0.732. The molecule has 0 unspecified atom stereocenters. The molecule has 2 rings (SSSR count). The number of nitrogens with zero attached hydrogens (tertiary/aromatic N) is 1. The normalized spacial score (nSPS) is 19.4. The predicted molar refractivity (Wildman–Crippen MR) is 68.9 cm³/mol. The highest BCUT2D eigenvalue weighted by atomic mass is 16.5. The minimum absolute atomic E-state index is 0.337. The van der Waals surface area contributed by atoms with E-state index in [-0.39, 0.29) is 6.04 Å². The molecule has 0 amide bonds. The molecule has 1 aromatic carbocycles. The lowest BCUT2D eigenvalue weighted by Crippen LogP contribution is -2.51. The lowest BCUT2D eigenvalue weighted by atomic mass is 9.99. The molecule has 0 aromatic heterocycles. The Morgan fingerprint density at radius 2 is 2.22 bits per heavy atom. The van der Waals surface area contributed by atoms with Crippen molar-refractivity contribution in [2.75, 3.05) is 13.7 Å². The molecule has 0 aliphatic carbocycles. The van der Waals surface area contributed by atoms with Gasteiger partial charge in [-0.1, -0.05) is 17.7 Å². The van der Waals surface area contributed by atoms with Crippen molar-refractivity contribution in [3.63, 3.8) is 0 Å². The summed E-state index contributed by atoms with van der Waals surface area (Å²) in [7, 11) is 1.66. The van der Waals surface area contributed by atoms with Crippen LogP contribution in [0, 0.1) is 13.8 Å². The van der Waals surface area contributed by atoms with Gasteiger partial charge in [0.05, 0.1) is 7.11 Å². The van der Waals surface area contributed by atoms with Gasteiger partial charge in [-0.3, -0.25) is 9.69 Å². The molecule has 4 heteroatoms. The molecule has 1 aromatic rings. The summed E-state index contributed by atoms with van der Waals surface area (Å²) in [5.74, 6) is 0.140. The van der Waals surface area contributed by atoms with Crippen LogP contribution in [0.3, 0.4) is 0 Å². The molecule has 1 atom stereocenters. The number of hydrogen-bond acceptors (Lipinski definition) is 3. The molecule has 0 radical (unpaired) electrons. The smallest absolute Gasteiger partial charge is 0.320 e. The maximum Gasteiger partial charge on any atom is 0.320 e. The average Bonchev–Trinajstić information content (AvgIpc) is 2.22. The maximum atomic E-state index is 11.0. The third-order valence-corrected chi connectivity index (χ3v) is 3.49. The molecule has 1 aliphatic heterocycles. The van der Waals surface area contributed by atoms with Crippen LogP contribution in [0.5, 0.6) is 5.75 Å². The minimum Gasteiger partial charge on any atom is -0.496 e. The summed E-state index contributed by atoms with van der Waals surface area (Å²) in [6, 6.07) is 3.81. The van der Waals surface area contributed by atoms with Crippen molar-refractivity contribution in [2.45, 2.75) is 32.9 Å². The highest BCUT2D eigenvalue weighted by Gasteiger charge is 2.34. The Kier molecular flexibility index (Phi) is 3.57. The van der Waals surface area contributed by atoms with Gasteiger partial charge in [-0.2, -0.15) is 0 Å². The highest BCUT2D eigenvalue weighted by Crippen LogP contribution is 2.29. The summed E-state index contributed by atoms with van der Waals surface area (Å²) in [6.07, 6.45) is 0.739. The van der Waals surface area contributed by atoms with E-state index in [4.69, 9.17) is 9.84 Å². The van der Waals surface area contributed by atoms with Crippen molar-refractivity contribution in [3.05, 3.63) is 28.8 Å². The van der Waals surface area contributed by atoms with Crippen LogP contribution in [-0.2, 0) is 11.3 Å². The Bertz CT molecular complexity index is 470. The molecule has 98 valence electrons. The molecule has 4 nitrogen and oxygen atoms in total. The number of ether oxygens (including phenoxy) is 1. The first kappa shape index (κ1) is 12.9. The second-order valence-corrected chi connectivity index (χ2v) is 4.89. The van der Waals surface area contributed by atoms with E-state index in [1.807, 2.05) is 18.7 Å². The monoisotopic (exact) mass is 249 g/mol. The first-order chi connectivity index (χ1) is 8.52. The van der Waals surface area contributed by atoms with E-state index in [1.54, 1.807) is 7.11 Å². The van der Waals surface area contributed by atoms with Crippen molar-refractivity contribution in [3.8, 4) is 5.75 Å². The van der Waals surface area contributed by atoms with Gasteiger partial charge in [0.2, 0.25) is 0 Å². The lowest BCUT2D eigenvalue weighted by molar-refractivity contribution is -0.148. The number of aryl methyl sites for hydroxylation is 2. The van der Waals surface area contributed by atoms with E-state index in [0.29, 0.717) is 6.54 Å². The number of rotatable bonds is 4. The van der Waals surface area contributed by atoms with E-state index in [2.05, 4.69) is 12.1 Å². The molecule has 18 heavy (non-hydrogen) atoms. The third-order valence-electron chi connectivity index (χ3n) is 3.49. The number of carboxylic acids is 1. The lowest BCUT2D eigenvalue weighted by Gasteiger charge is -2.38. The Morgan fingerprint density at radius 1 is 1.50 bits per heavy atom. The van der Waals surface area contributed by atoms with E-state index in [0.717, 1.165) is 29.8 Å². The van der Waals surface area contributed by atoms with E-state index >= 15 is 0 Å². The summed E-state index contributed by atoms with van der Waals surface area (Å²) in [6.45, 7) is 5.54. The number of carboxylic acid groups (broad SMARTS) is 1. The third kappa shape index (κ3) is 2.34. The van der Waals surface area contributed by atoms with E-state index in [1.165, 1.54) is 5.56 Å². The van der Waals surface area contributed by atoms with Crippen LogP contribution < -0.4 is 4.74 Å². The zero-order valence-corrected chi connectivity index (χ0v) is 11.1. The summed E-state index contributed by atoms with van der Waals surface area (Å²) < 4.78 is 5.42. The Labute approximate surface area is 107 Å². The fraction of sp³-hybridized carbons (Fsp3) is 0.500. The SMILES string of the molecule is COc1c(C)cc(C)cc1CN1CC[C@H]1C(=O)O. The average molecular weight is 249 g/mol. The van der Waals surface area contributed by atoms with Crippen LogP contribution in [0.4, 0.5) is 0 Å². The molecule has 1 fully saturated rings. The van der Waals surface area contributed by atoms with Crippen molar-refractivity contribution >= 4 is 5.97 Å². The molecule has 0 spiro atoms. The van der Waals surface area contributed by atoms with Crippen LogP contribution >= 0.6 is 0 Å². The van der Waals surface area contributed by atoms with Gasteiger partial charge in [-0.25, -0.2) is 0 Å². The van der Waals surface area contributed by atoms with Gasteiger partial charge in [0.25, 0.3) is 0 Å². The fourth-order valence-electron chi connectivity index (χ4n) is 2.58. The maximum absolute atomic E-state index is 11.0. The predicted octanol–water partition coefficient (Wildman–Crippen LogP) is 1.97. The largest absolute Gasteiger partial charge is 0.496 e. The summed E-state index contributed by atoms with van der Waals surface area (Å²) in [5.41, 5.74) is 3.34. The topological polar surface area (TPSA) is 49.8 Å². The van der Waals surface area contributed by atoms with Crippen LogP contribution in [0.2, 0.25) is 0 Å². The van der Waals surface area contributed by atoms with Gasteiger partial charge in [0.1, 0.15) is 11.8 Å². The number of hydrogen-bond donors (Lipinski definition) is 1. The molecule has 0 bridgehead atoms. The van der Waals surface area contributed by atoms with Crippen LogP contribution in [0.1, 0.15) is 23.1 Å². The van der Waals surface area contributed by atoms with Crippen molar-refractivity contribution in [2.24, 2.45) is 0 Å². The highest BCUT2D eigenvalue weighted by molar-refractivity contribution is 5.74. The van der Waals surface area contributed by atoms with E-state index < -0.39 is 5.97 Å². The summed E-state index contributed by atoms with van der Waals surface area (Å²) >= 11 is 0.